The minimum absolute atomic E-state index is 0.0388. The second-order valence-electron chi connectivity index (χ2n) is 6.42. The Bertz CT molecular complexity index is 1150. The normalized spacial score (nSPS) is 10.7. The Morgan fingerprint density at radius 1 is 0.931 bits per heavy atom. The summed E-state index contributed by atoms with van der Waals surface area (Å²) in [7, 11) is 0. The summed E-state index contributed by atoms with van der Waals surface area (Å²) in [5, 5.41) is 11.3. The highest BCUT2D eigenvalue weighted by Crippen LogP contribution is 2.37. The van der Waals surface area contributed by atoms with Crippen molar-refractivity contribution in [2.75, 3.05) is 5.73 Å². The predicted molar refractivity (Wildman–Crippen MR) is 115 cm³/mol. The first-order valence-electron chi connectivity index (χ1n) is 8.99. The highest BCUT2D eigenvalue weighted by atomic mass is 35.5. The van der Waals surface area contributed by atoms with Crippen molar-refractivity contribution in [1.29, 1.82) is 0 Å². The molecule has 0 saturated carbocycles. The van der Waals surface area contributed by atoms with Gasteiger partial charge >= 0.3 is 0 Å². The molecule has 6 heteroatoms. The van der Waals surface area contributed by atoms with Crippen molar-refractivity contribution in [2.24, 2.45) is 0 Å². The van der Waals surface area contributed by atoms with Crippen molar-refractivity contribution in [3.8, 4) is 33.9 Å². The molecular weight excluding hydrogens is 386 g/mol. The van der Waals surface area contributed by atoms with Crippen LogP contribution in [0.15, 0.2) is 79.0 Å². The van der Waals surface area contributed by atoms with Crippen LogP contribution in [0.4, 0.5) is 5.95 Å². The SMILES string of the molecule is Nc1ncc(-c2ccccc2)c(-c2ccc(OCc3ccccc3Cl)cc2O)n1. The van der Waals surface area contributed by atoms with Crippen molar-refractivity contribution in [2.45, 2.75) is 6.61 Å². The summed E-state index contributed by atoms with van der Waals surface area (Å²) >= 11 is 6.16. The third-order valence-corrected chi connectivity index (χ3v) is 4.84. The summed E-state index contributed by atoms with van der Waals surface area (Å²) in [5.41, 5.74) is 9.48. The molecule has 0 unspecified atom stereocenters. The van der Waals surface area contributed by atoms with Gasteiger partial charge in [0.15, 0.2) is 0 Å². The van der Waals surface area contributed by atoms with Crippen LogP contribution in [-0.4, -0.2) is 15.1 Å². The molecule has 0 bridgehead atoms. The minimum atomic E-state index is 0.0388. The van der Waals surface area contributed by atoms with Gasteiger partial charge in [-0.3, -0.25) is 0 Å². The minimum Gasteiger partial charge on any atom is -0.507 e. The van der Waals surface area contributed by atoms with Crippen LogP contribution in [-0.2, 0) is 6.61 Å². The highest BCUT2D eigenvalue weighted by molar-refractivity contribution is 6.31. The van der Waals surface area contributed by atoms with Gasteiger partial charge in [-0.2, -0.15) is 0 Å². The zero-order valence-electron chi connectivity index (χ0n) is 15.4. The number of ether oxygens (including phenoxy) is 1. The Hall–Kier alpha value is -3.57. The summed E-state index contributed by atoms with van der Waals surface area (Å²) < 4.78 is 5.78. The second kappa shape index (κ2) is 8.20. The zero-order chi connectivity index (χ0) is 20.2. The lowest BCUT2D eigenvalue weighted by atomic mass is 10.00. The molecule has 1 aromatic heterocycles. The maximum absolute atomic E-state index is 10.7. The van der Waals surface area contributed by atoms with Crippen LogP contribution >= 0.6 is 11.6 Å². The van der Waals surface area contributed by atoms with E-state index in [0.29, 0.717) is 28.6 Å². The fourth-order valence-electron chi connectivity index (χ4n) is 3.01. The quantitative estimate of drug-likeness (QED) is 0.470. The monoisotopic (exact) mass is 403 g/mol. The first kappa shape index (κ1) is 18.8. The van der Waals surface area contributed by atoms with Crippen molar-refractivity contribution in [3.63, 3.8) is 0 Å². The number of phenols is 1. The van der Waals surface area contributed by atoms with E-state index in [1.54, 1.807) is 24.4 Å². The van der Waals surface area contributed by atoms with Crippen LogP contribution in [0.3, 0.4) is 0 Å². The van der Waals surface area contributed by atoms with Crippen molar-refractivity contribution in [1.82, 2.24) is 9.97 Å². The molecule has 0 aliphatic rings. The van der Waals surface area contributed by atoms with E-state index in [2.05, 4.69) is 9.97 Å². The van der Waals surface area contributed by atoms with E-state index in [1.807, 2.05) is 54.6 Å². The molecule has 0 saturated heterocycles. The van der Waals surface area contributed by atoms with Crippen molar-refractivity contribution < 1.29 is 9.84 Å². The van der Waals surface area contributed by atoms with Crippen LogP contribution < -0.4 is 10.5 Å². The van der Waals surface area contributed by atoms with E-state index in [-0.39, 0.29) is 11.7 Å². The van der Waals surface area contributed by atoms with Crippen LogP contribution in [0.2, 0.25) is 5.02 Å². The maximum atomic E-state index is 10.7. The molecule has 4 rings (SSSR count). The van der Waals surface area contributed by atoms with E-state index in [4.69, 9.17) is 22.1 Å². The van der Waals surface area contributed by atoms with Gasteiger partial charge in [0, 0.05) is 34.0 Å². The number of nitrogens with two attached hydrogens (primary N) is 1. The van der Waals surface area contributed by atoms with E-state index in [1.165, 1.54) is 0 Å². The molecule has 29 heavy (non-hydrogen) atoms. The first-order valence-corrected chi connectivity index (χ1v) is 9.37. The molecule has 3 N–H and O–H groups in total. The van der Waals surface area contributed by atoms with E-state index < -0.39 is 0 Å². The molecule has 0 aliphatic heterocycles. The average molecular weight is 404 g/mol. The molecular formula is C23H18ClN3O2. The van der Waals surface area contributed by atoms with Gasteiger partial charge in [0.05, 0.1) is 5.69 Å². The number of nitrogens with zero attached hydrogens (tertiary/aromatic N) is 2. The van der Waals surface area contributed by atoms with Gasteiger partial charge in [-0.15, -0.1) is 0 Å². The Labute approximate surface area is 173 Å². The maximum Gasteiger partial charge on any atom is 0.220 e. The summed E-state index contributed by atoms with van der Waals surface area (Å²) in [6.07, 6.45) is 1.66. The fourth-order valence-corrected chi connectivity index (χ4v) is 3.20. The summed E-state index contributed by atoms with van der Waals surface area (Å²) in [6.45, 7) is 0.300. The molecule has 3 aromatic carbocycles. The van der Waals surface area contributed by atoms with Gasteiger partial charge in [-0.1, -0.05) is 60.1 Å². The molecule has 0 amide bonds. The number of nitrogen functional groups attached to an aromatic ring is 1. The molecule has 0 spiro atoms. The number of aromatic nitrogens is 2. The molecule has 1 heterocycles. The third-order valence-electron chi connectivity index (χ3n) is 4.47. The van der Waals surface area contributed by atoms with E-state index >= 15 is 0 Å². The molecule has 0 fully saturated rings. The molecule has 4 aromatic rings. The topological polar surface area (TPSA) is 81.3 Å². The zero-order valence-corrected chi connectivity index (χ0v) is 16.2. The summed E-state index contributed by atoms with van der Waals surface area (Å²) in [6, 6.07) is 22.3. The van der Waals surface area contributed by atoms with E-state index in [9.17, 15) is 5.11 Å². The van der Waals surface area contributed by atoms with Gasteiger partial charge in [0.2, 0.25) is 5.95 Å². The van der Waals surface area contributed by atoms with Crippen LogP contribution in [0.1, 0.15) is 5.56 Å². The second-order valence-corrected chi connectivity index (χ2v) is 6.82. The van der Waals surface area contributed by atoms with E-state index in [0.717, 1.165) is 16.7 Å². The molecule has 5 nitrogen and oxygen atoms in total. The van der Waals surface area contributed by atoms with Crippen LogP contribution in [0.25, 0.3) is 22.4 Å². The summed E-state index contributed by atoms with van der Waals surface area (Å²) in [4.78, 5) is 8.47. The standard InChI is InChI=1S/C23H18ClN3O2/c24-20-9-5-4-8-16(20)14-29-17-10-11-18(21(28)12-17)22-19(13-26-23(25)27-22)15-6-2-1-3-7-15/h1-13,28H,14H2,(H2,25,26,27). The molecule has 0 radical (unpaired) electrons. The van der Waals surface area contributed by atoms with Gasteiger partial charge in [-0.05, 0) is 23.8 Å². The number of phenolic OH excluding ortho intramolecular Hbond substituents is 1. The molecule has 144 valence electrons. The highest BCUT2D eigenvalue weighted by Gasteiger charge is 2.15. The lowest BCUT2D eigenvalue weighted by Crippen LogP contribution is -1.99. The average Bonchev–Trinajstić information content (AvgIpc) is 2.74. The smallest absolute Gasteiger partial charge is 0.220 e. The van der Waals surface area contributed by atoms with Gasteiger partial charge in [0.1, 0.15) is 18.1 Å². The fraction of sp³-hybridized carbons (Fsp3) is 0.0435. The third kappa shape index (κ3) is 4.15. The first-order chi connectivity index (χ1) is 14.1. The molecule has 0 atom stereocenters. The number of hydrogen-bond donors (Lipinski definition) is 2. The van der Waals surface area contributed by atoms with Crippen molar-refractivity contribution >= 4 is 17.5 Å². The lowest BCUT2D eigenvalue weighted by Gasteiger charge is -2.13. The van der Waals surface area contributed by atoms with Gasteiger partial charge in [0.25, 0.3) is 0 Å². The Kier molecular flexibility index (Phi) is 5.31. The number of rotatable bonds is 5. The number of benzene rings is 3. The number of halogens is 1. The van der Waals surface area contributed by atoms with Crippen LogP contribution in [0, 0.1) is 0 Å². The van der Waals surface area contributed by atoms with Crippen LogP contribution in [0.5, 0.6) is 11.5 Å². The lowest BCUT2D eigenvalue weighted by molar-refractivity contribution is 0.304. The summed E-state index contributed by atoms with van der Waals surface area (Å²) in [5.74, 6) is 0.699. The number of hydrogen-bond acceptors (Lipinski definition) is 5. The Balaban J connectivity index is 1.65. The Morgan fingerprint density at radius 3 is 2.45 bits per heavy atom. The Morgan fingerprint density at radius 2 is 1.69 bits per heavy atom. The largest absolute Gasteiger partial charge is 0.507 e. The van der Waals surface area contributed by atoms with Crippen molar-refractivity contribution in [3.05, 3.63) is 89.6 Å². The van der Waals surface area contributed by atoms with Gasteiger partial charge in [-0.25, -0.2) is 9.97 Å². The molecule has 0 aliphatic carbocycles. The predicted octanol–water partition coefficient (Wildman–Crippen LogP) is 5.33. The van der Waals surface area contributed by atoms with Gasteiger partial charge < -0.3 is 15.6 Å². The number of anilines is 1. The number of aromatic hydroxyl groups is 1.